The van der Waals surface area contributed by atoms with Crippen LogP contribution in [-0.4, -0.2) is 65.0 Å². The van der Waals surface area contributed by atoms with Gasteiger partial charge in [-0.1, -0.05) is 12.1 Å². The van der Waals surface area contributed by atoms with E-state index in [0.717, 1.165) is 29.6 Å². The second-order valence-corrected chi connectivity index (χ2v) is 8.74. The fraction of sp³-hybridized carbons (Fsp3) is 0.385. The van der Waals surface area contributed by atoms with Gasteiger partial charge < -0.3 is 19.4 Å². The number of nitrogens with one attached hydrogen (secondary N) is 1. The highest BCUT2D eigenvalue weighted by atomic mass is 19.1. The van der Waals surface area contributed by atoms with Crippen LogP contribution in [0.4, 0.5) is 4.39 Å². The maximum absolute atomic E-state index is 13.2. The second kappa shape index (κ2) is 10.3. The summed E-state index contributed by atoms with van der Waals surface area (Å²) in [7, 11) is 0. The van der Waals surface area contributed by atoms with Crippen LogP contribution in [0.3, 0.4) is 0 Å². The molecule has 1 amide bonds. The molecule has 8 heteroatoms. The summed E-state index contributed by atoms with van der Waals surface area (Å²) in [4.78, 5) is 32.1. The van der Waals surface area contributed by atoms with Crippen molar-refractivity contribution in [3.05, 3.63) is 65.6 Å². The standard InChI is InChI=1S/C26H30FN3O4/c1-4-33-26(32)24-12-20-11-22(9-10-23(20)28-24)34-16-25(31)30-14-17(2)29(13-18(30)3)15-19-5-7-21(27)8-6-19/h5-12,17-18,28H,4,13-16H2,1-3H3/t17-,18+/m1/s1. The van der Waals surface area contributed by atoms with Crippen LogP contribution >= 0.6 is 0 Å². The predicted molar refractivity (Wildman–Crippen MR) is 127 cm³/mol. The third-order valence-corrected chi connectivity index (χ3v) is 6.18. The van der Waals surface area contributed by atoms with Gasteiger partial charge >= 0.3 is 5.97 Å². The Morgan fingerprint density at radius 3 is 2.56 bits per heavy atom. The average Bonchev–Trinajstić information content (AvgIpc) is 3.25. The van der Waals surface area contributed by atoms with Crippen molar-refractivity contribution in [1.29, 1.82) is 0 Å². The molecule has 4 rings (SSSR count). The summed E-state index contributed by atoms with van der Waals surface area (Å²) in [5.74, 6) is -0.151. The van der Waals surface area contributed by atoms with E-state index in [1.807, 2.05) is 17.9 Å². The van der Waals surface area contributed by atoms with E-state index in [4.69, 9.17) is 9.47 Å². The van der Waals surface area contributed by atoms with Crippen LogP contribution in [0.1, 0.15) is 36.8 Å². The molecule has 0 bridgehead atoms. The zero-order valence-corrected chi connectivity index (χ0v) is 19.7. The number of hydrogen-bond acceptors (Lipinski definition) is 5. The van der Waals surface area contributed by atoms with Crippen LogP contribution in [0, 0.1) is 5.82 Å². The highest BCUT2D eigenvalue weighted by Crippen LogP contribution is 2.23. The number of carbonyl (C=O) groups excluding carboxylic acids is 2. The Bertz CT molecular complexity index is 1160. The summed E-state index contributed by atoms with van der Waals surface area (Å²) in [5.41, 5.74) is 2.22. The minimum absolute atomic E-state index is 0.0343. The van der Waals surface area contributed by atoms with Gasteiger partial charge in [0.25, 0.3) is 5.91 Å². The number of aromatic nitrogens is 1. The van der Waals surface area contributed by atoms with Crippen LogP contribution < -0.4 is 4.74 Å². The molecule has 7 nitrogen and oxygen atoms in total. The Labute approximate surface area is 198 Å². The molecule has 0 spiro atoms. The largest absolute Gasteiger partial charge is 0.484 e. The lowest BCUT2D eigenvalue weighted by atomic mass is 10.1. The summed E-state index contributed by atoms with van der Waals surface area (Å²) < 4.78 is 24.0. The Kier molecular flexibility index (Phi) is 7.17. The van der Waals surface area contributed by atoms with E-state index in [1.54, 1.807) is 37.3 Å². The molecule has 1 N–H and O–H groups in total. The van der Waals surface area contributed by atoms with Crippen molar-refractivity contribution >= 4 is 22.8 Å². The average molecular weight is 468 g/mol. The Morgan fingerprint density at radius 2 is 1.82 bits per heavy atom. The number of fused-ring (bicyclic) bond motifs is 1. The number of halogens is 1. The van der Waals surface area contributed by atoms with Crippen molar-refractivity contribution in [2.75, 3.05) is 26.3 Å². The third-order valence-electron chi connectivity index (χ3n) is 6.18. The molecule has 2 heterocycles. The maximum atomic E-state index is 13.2. The molecule has 1 aliphatic heterocycles. The molecule has 2 atom stereocenters. The monoisotopic (exact) mass is 467 g/mol. The van der Waals surface area contributed by atoms with E-state index in [9.17, 15) is 14.0 Å². The molecule has 1 saturated heterocycles. The molecule has 1 fully saturated rings. The highest BCUT2D eigenvalue weighted by Gasteiger charge is 2.32. The number of aromatic amines is 1. The molecule has 0 aliphatic carbocycles. The summed E-state index contributed by atoms with van der Waals surface area (Å²) in [6.07, 6.45) is 0. The fourth-order valence-corrected chi connectivity index (χ4v) is 4.34. The van der Waals surface area contributed by atoms with Gasteiger partial charge in [0.15, 0.2) is 6.61 Å². The van der Waals surface area contributed by atoms with Gasteiger partial charge in [0, 0.05) is 42.6 Å². The van der Waals surface area contributed by atoms with Crippen molar-refractivity contribution < 1.29 is 23.5 Å². The molecular weight excluding hydrogens is 437 g/mol. The van der Waals surface area contributed by atoms with Gasteiger partial charge in [-0.05, 0) is 62.7 Å². The predicted octanol–water partition coefficient (Wildman–Crippen LogP) is 3.98. The molecule has 34 heavy (non-hydrogen) atoms. The van der Waals surface area contributed by atoms with Gasteiger partial charge in [-0.2, -0.15) is 0 Å². The van der Waals surface area contributed by atoms with Crippen molar-refractivity contribution in [1.82, 2.24) is 14.8 Å². The van der Waals surface area contributed by atoms with Crippen molar-refractivity contribution in [2.45, 2.75) is 39.4 Å². The van der Waals surface area contributed by atoms with Gasteiger partial charge in [-0.25, -0.2) is 9.18 Å². The molecule has 1 aliphatic rings. The Balaban J connectivity index is 1.34. The number of piperazine rings is 1. The maximum Gasteiger partial charge on any atom is 0.354 e. The van der Waals surface area contributed by atoms with E-state index in [2.05, 4.69) is 16.8 Å². The number of esters is 1. The van der Waals surface area contributed by atoms with Crippen LogP contribution in [0.15, 0.2) is 48.5 Å². The van der Waals surface area contributed by atoms with Crippen molar-refractivity contribution in [2.24, 2.45) is 0 Å². The van der Waals surface area contributed by atoms with E-state index in [1.165, 1.54) is 12.1 Å². The van der Waals surface area contributed by atoms with Gasteiger partial charge in [0.2, 0.25) is 0 Å². The topological polar surface area (TPSA) is 74.9 Å². The van der Waals surface area contributed by atoms with E-state index < -0.39 is 5.97 Å². The van der Waals surface area contributed by atoms with Crippen molar-refractivity contribution in [3.8, 4) is 5.75 Å². The molecule has 0 unspecified atom stereocenters. The van der Waals surface area contributed by atoms with Gasteiger partial charge in [-0.15, -0.1) is 0 Å². The lowest BCUT2D eigenvalue weighted by molar-refractivity contribution is -0.139. The second-order valence-electron chi connectivity index (χ2n) is 8.74. The van der Waals surface area contributed by atoms with Crippen molar-refractivity contribution in [3.63, 3.8) is 0 Å². The fourth-order valence-electron chi connectivity index (χ4n) is 4.34. The minimum Gasteiger partial charge on any atom is -0.484 e. The first-order chi connectivity index (χ1) is 16.3. The molecule has 180 valence electrons. The van der Waals surface area contributed by atoms with E-state index >= 15 is 0 Å². The molecule has 2 aromatic carbocycles. The summed E-state index contributed by atoms with van der Waals surface area (Å²) >= 11 is 0. The summed E-state index contributed by atoms with van der Waals surface area (Å²) in [5, 5.41) is 0.810. The molecular formula is C26H30FN3O4. The van der Waals surface area contributed by atoms with Gasteiger partial charge in [0.1, 0.15) is 17.3 Å². The van der Waals surface area contributed by atoms with Crippen LogP contribution in [0.25, 0.3) is 10.9 Å². The van der Waals surface area contributed by atoms with Crippen LogP contribution in [0.5, 0.6) is 5.75 Å². The number of nitrogens with zero attached hydrogens (tertiary/aromatic N) is 2. The van der Waals surface area contributed by atoms with E-state index in [-0.39, 0.29) is 30.4 Å². The van der Waals surface area contributed by atoms with Gasteiger partial charge in [-0.3, -0.25) is 9.69 Å². The number of carbonyl (C=O) groups is 2. The first kappa shape index (κ1) is 23.8. The molecule has 0 saturated carbocycles. The molecule has 3 aromatic rings. The van der Waals surface area contributed by atoms with Crippen LogP contribution in [-0.2, 0) is 16.1 Å². The molecule has 0 radical (unpaired) electrons. The Hall–Kier alpha value is -3.39. The summed E-state index contributed by atoms with van der Waals surface area (Å²) in [6, 6.07) is 13.9. The van der Waals surface area contributed by atoms with Crippen LogP contribution in [0.2, 0.25) is 0 Å². The highest BCUT2D eigenvalue weighted by molar-refractivity contribution is 5.95. The number of amides is 1. The number of benzene rings is 2. The lowest BCUT2D eigenvalue weighted by Gasteiger charge is -2.44. The normalized spacial score (nSPS) is 18.8. The summed E-state index contributed by atoms with van der Waals surface area (Å²) in [6.45, 7) is 8.19. The van der Waals surface area contributed by atoms with E-state index in [0.29, 0.717) is 24.6 Å². The SMILES string of the molecule is CCOC(=O)c1cc2cc(OCC(=O)N3C[C@@H](C)N(Cc4ccc(F)cc4)C[C@@H]3C)ccc2[nH]1. The first-order valence-corrected chi connectivity index (χ1v) is 11.5. The Morgan fingerprint density at radius 1 is 1.06 bits per heavy atom. The zero-order valence-electron chi connectivity index (χ0n) is 19.7. The number of ether oxygens (including phenoxy) is 2. The zero-order chi connectivity index (χ0) is 24.2. The number of H-pyrrole nitrogens is 1. The minimum atomic E-state index is -0.405. The molecule has 1 aromatic heterocycles. The third kappa shape index (κ3) is 5.39. The smallest absolute Gasteiger partial charge is 0.354 e. The first-order valence-electron chi connectivity index (χ1n) is 11.5. The lowest BCUT2D eigenvalue weighted by Crippen LogP contribution is -2.58. The number of hydrogen-bond donors (Lipinski definition) is 1. The number of rotatable bonds is 7. The van der Waals surface area contributed by atoms with Gasteiger partial charge in [0.05, 0.1) is 6.61 Å². The quantitative estimate of drug-likeness (QED) is 0.532.